The predicted molar refractivity (Wildman–Crippen MR) is 77.0 cm³/mol. The Balaban J connectivity index is 2.02. The molecule has 2 amide bonds. The van der Waals surface area contributed by atoms with Crippen molar-refractivity contribution in [3.8, 4) is 0 Å². The first-order valence-electron chi connectivity index (χ1n) is 6.04. The van der Waals surface area contributed by atoms with Crippen LogP contribution >= 0.6 is 11.6 Å². The van der Waals surface area contributed by atoms with E-state index in [-0.39, 0.29) is 22.6 Å². The molecule has 104 valence electrons. The van der Waals surface area contributed by atoms with Crippen LogP contribution < -0.4 is 10.6 Å². The summed E-state index contributed by atoms with van der Waals surface area (Å²) in [6.45, 7) is 1.78. The Morgan fingerprint density at radius 2 is 1.70 bits per heavy atom. The highest BCUT2D eigenvalue weighted by atomic mass is 35.5. The van der Waals surface area contributed by atoms with E-state index in [1.165, 1.54) is 12.3 Å². The molecular weight excluding hydrogens is 280 g/mol. The number of benzene rings is 1. The van der Waals surface area contributed by atoms with Gasteiger partial charge in [-0.3, -0.25) is 9.59 Å². The molecule has 0 spiro atoms. The Hall–Kier alpha value is -2.27. The standard InChI is InChI=1S/C14H13ClN2O3/c1-2-12(18)16-9-3-5-10(6-4-9)17-14(19)11-7-8-20-13(11)15/h3-8H,2H2,1H3,(H,16,18)(H,17,19). The third-order valence-corrected chi connectivity index (χ3v) is 2.90. The van der Waals surface area contributed by atoms with Gasteiger partial charge in [0.05, 0.1) is 11.8 Å². The molecule has 2 N–H and O–H groups in total. The van der Waals surface area contributed by atoms with Gasteiger partial charge in [-0.05, 0) is 41.9 Å². The van der Waals surface area contributed by atoms with Gasteiger partial charge in [-0.25, -0.2) is 0 Å². The van der Waals surface area contributed by atoms with Crippen LogP contribution in [-0.2, 0) is 4.79 Å². The number of anilines is 2. The van der Waals surface area contributed by atoms with Crippen LogP contribution in [0.3, 0.4) is 0 Å². The molecule has 0 unspecified atom stereocenters. The van der Waals surface area contributed by atoms with Gasteiger partial charge in [0.1, 0.15) is 0 Å². The second-order valence-electron chi connectivity index (χ2n) is 4.04. The van der Waals surface area contributed by atoms with E-state index >= 15 is 0 Å². The first kappa shape index (κ1) is 14.1. The number of hydrogen-bond acceptors (Lipinski definition) is 3. The summed E-state index contributed by atoms with van der Waals surface area (Å²) in [6.07, 6.45) is 1.76. The van der Waals surface area contributed by atoms with Gasteiger partial charge in [0, 0.05) is 17.8 Å². The van der Waals surface area contributed by atoms with E-state index in [1.807, 2.05) is 0 Å². The SMILES string of the molecule is CCC(=O)Nc1ccc(NC(=O)c2ccoc2Cl)cc1. The molecular formula is C14H13ClN2O3. The van der Waals surface area contributed by atoms with Crippen LogP contribution in [0.25, 0.3) is 0 Å². The van der Waals surface area contributed by atoms with Gasteiger partial charge in [0.15, 0.2) is 0 Å². The molecule has 0 fully saturated rings. The van der Waals surface area contributed by atoms with Crippen molar-refractivity contribution in [2.45, 2.75) is 13.3 Å². The number of amides is 2. The normalized spacial score (nSPS) is 10.1. The van der Waals surface area contributed by atoms with Crippen molar-refractivity contribution in [1.29, 1.82) is 0 Å². The van der Waals surface area contributed by atoms with E-state index in [0.717, 1.165) is 0 Å². The minimum Gasteiger partial charge on any atom is -0.452 e. The fourth-order valence-electron chi connectivity index (χ4n) is 1.54. The number of rotatable bonds is 4. The zero-order chi connectivity index (χ0) is 14.5. The maximum Gasteiger partial charge on any atom is 0.260 e. The van der Waals surface area contributed by atoms with Crippen LogP contribution in [0, 0.1) is 0 Å². The number of hydrogen-bond donors (Lipinski definition) is 2. The van der Waals surface area contributed by atoms with Crippen molar-refractivity contribution in [3.05, 3.63) is 47.4 Å². The van der Waals surface area contributed by atoms with Crippen molar-refractivity contribution < 1.29 is 14.0 Å². The van der Waals surface area contributed by atoms with Crippen molar-refractivity contribution >= 4 is 34.8 Å². The summed E-state index contributed by atoms with van der Waals surface area (Å²) in [4.78, 5) is 23.1. The fraction of sp³-hybridized carbons (Fsp3) is 0.143. The summed E-state index contributed by atoms with van der Waals surface area (Å²) in [5, 5.41) is 5.45. The van der Waals surface area contributed by atoms with Gasteiger partial charge >= 0.3 is 0 Å². The van der Waals surface area contributed by atoms with Crippen LogP contribution in [0.15, 0.2) is 41.0 Å². The number of carbonyl (C=O) groups excluding carboxylic acids is 2. The average Bonchev–Trinajstić information content (AvgIpc) is 2.87. The van der Waals surface area contributed by atoms with E-state index in [0.29, 0.717) is 17.8 Å². The molecule has 2 rings (SSSR count). The molecule has 0 bridgehead atoms. The summed E-state index contributed by atoms with van der Waals surface area (Å²) in [5.41, 5.74) is 1.55. The Kier molecular flexibility index (Phi) is 4.42. The lowest BCUT2D eigenvalue weighted by Gasteiger charge is -2.06. The fourth-order valence-corrected chi connectivity index (χ4v) is 1.74. The molecule has 5 nitrogen and oxygen atoms in total. The highest BCUT2D eigenvalue weighted by Gasteiger charge is 2.12. The van der Waals surface area contributed by atoms with E-state index in [1.54, 1.807) is 31.2 Å². The van der Waals surface area contributed by atoms with Gasteiger partial charge in [-0.15, -0.1) is 0 Å². The van der Waals surface area contributed by atoms with E-state index < -0.39 is 0 Å². The van der Waals surface area contributed by atoms with E-state index in [2.05, 4.69) is 10.6 Å². The molecule has 0 radical (unpaired) electrons. The third kappa shape index (κ3) is 3.39. The van der Waals surface area contributed by atoms with Gasteiger partial charge in [-0.2, -0.15) is 0 Å². The second-order valence-corrected chi connectivity index (χ2v) is 4.38. The molecule has 0 atom stereocenters. The molecule has 0 aliphatic carbocycles. The summed E-state index contributed by atoms with van der Waals surface area (Å²) >= 11 is 5.72. The largest absolute Gasteiger partial charge is 0.452 e. The summed E-state index contributed by atoms with van der Waals surface area (Å²) in [6, 6.07) is 8.29. The van der Waals surface area contributed by atoms with Crippen molar-refractivity contribution in [3.63, 3.8) is 0 Å². The van der Waals surface area contributed by atoms with Crippen molar-refractivity contribution in [2.24, 2.45) is 0 Å². The highest BCUT2D eigenvalue weighted by molar-refractivity contribution is 6.32. The summed E-state index contributed by atoms with van der Waals surface area (Å²) in [5.74, 6) is -0.416. The van der Waals surface area contributed by atoms with Gasteiger partial charge in [-0.1, -0.05) is 6.92 Å². The minimum atomic E-state index is -0.353. The number of carbonyl (C=O) groups is 2. The Morgan fingerprint density at radius 1 is 1.10 bits per heavy atom. The minimum absolute atomic E-state index is 0.0503. The van der Waals surface area contributed by atoms with Gasteiger partial charge in [0.25, 0.3) is 5.91 Å². The lowest BCUT2D eigenvalue weighted by atomic mass is 10.2. The lowest BCUT2D eigenvalue weighted by molar-refractivity contribution is -0.115. The van der Waals surface area contributed by atoms with E-state index in [9.17, 15) is 9.59 Å². The van der Waals surface area contributed by atoms with Crippen LogP contribution in [0.2, 0.25) is 5.22 Å². The van der Waals surface area contributed by atoms with Gasteiger partial charge < -0.3 is 15.1 Å². The van der Waals surface area contributed by atoms with Crippen LogP contribution in [0.1, 0.15) is 23.7 Å². The topological polar surface area (TPSA) is 71.3 Å². The highest BCUT2D eigenvalue weighted by Crippen LogP contribution is 2.19. The molecule has 0 saturated heterocycles. The van der Waals surface area contributed by atoms with Crippen molar-refractivity contribution in [2.75, 3.05) is 10.6 Å². The van der Waals surface area contributed by atoms with Crippen LogP contribution in [-0.4, -0.2) is 11.8 Å². The summed E-state index contributed by atoms with van der Waals surface area (Å²) < 4.78 is 4.86. The summed E-state index contributed by atoms with van der Waals surface area (Å²) in [7, 11) is 0. The zero-order valence-corrected chi connectivity index (χ0v) is 11.5. The van der Waals surface area contributed by atoms with E-state index in [4.69, 9.17) is 16.0 Å². The molecule has 0 aliphatic heterocycles. The zero-order valence-electron chi connectivity index (χ0n) is 10.8. The molecule has 1 heterocycles. The molecule has 1 aromatic carbocycles. The second kappa shape index (κ2) is 6.25. The lowest BCUT2D eigenvalue weighted by Crippen LogP contribution is -2.12. The quantitative estimate of drug-likeness (QED) is 0.905. The number of nitrogens with one attached hydrogen (secondary N) is 2. The first-order valence-corrected chi connectivity index (χ1v) is 6.42. The Bertz CT molecular complexity index is 620. The molecule has 0 saturated carbocycles. The molecule has 0 aliphatic rings. The third-order valence-electron chi connectivity index (χ3n) is 2.61. The molecule has 1 aromatic heterocycles. The molecule has 20 heavy (non-hydrogen) atoms. The maximum atomic E-state index is 11.9. The molecule has 6 heteroatoms. The van der Waals surface area contributed by atoms with Gasteiger partial charge in [0.2, 0.25) is 11.1 Å². The number of furan rings is 1. The predicted octanol–water partition coefficient (Wildman–Crippen LogP) is 3.53. The average molecular weight is 293 g/mol. The monoisotopic (exact) mass is 292 g/mol. The first-order chi connectivity index (χ1) is 9.60. The Morgan fingerprint density at radius 3 is 2.20 bits per heavy atom. The molecule has 2 aromatic rings. The van der Waals surface area contributed by atoms with Crippen LogP contribution in [0.4, 0.5) is 11.4 Å². The Labute approximate surface area is 120 Å². The van der Waals surface area contributed by atoms with Crippen LogP contribution in [0.5, 0.6) is 0 Å². The maximum absolute atomic E-state index is 11.9. The van der Waals surface area contributed by atoms with Crippen molar-refractivity contribution in [1.82, 2.24) is 0 Å². The number of halogens is 1. The smallest absolute Gasteiger partial charge is 0.260 e.